The van der Waals surface area contributed by atoms with Crippen LogP contribution in [0.25, 0.3) is 11.4 Å². The normalized spacial score (nSPS) is 16.8. The van der Waals surface area contributed by atoms with Crippen LogP contribution < -0.4 is 9.64 Å². The average Bonchev–Trinajstić information content (AvgIpc) is 3.54. The summed E-state index contributed by atoms with van der Waals surface area (Å²) in [5, 5.41) is 11.8. The zero-order chi connectivity index (χ0) is 27.1. The summed E-state index contributed by atoms with van der Waals surface area (Å²) < 4.78 is 12.2. The maximum atomic E-state index is 13.6. The van der Waals surface area contributed by atoms with Crippen LogP contribution in [0.1, 0.15) is 45.3 Å². The number of aliphatic hydroxyl groups is 1. The fourth-order valence-corrected chi connectivity index (χ4v) is 5.59. The van der Waals surface area contributed by atoms with Crippen molar-refractivity contribution < 1.29 is 29.0 Å². The van der Waals surface area contributed by atoms with Crippen molar-refractivity contribution in [2.24, 2.45) is 0 Å². The number of ether oxygens (including phenoxy) is 2. The molecule has 11 heteroatoms. The lowest BCUT2D eigenvalue weighted by atomic mass is 9.96. The summed E-state index contributed by atoms with van der Waals surface area (Å²) in [5.74, 6) is -2.19. The number of anilines is 1. The molecule has 0 spiro atoms. The number of rotatable bonds is 6. The summed E-state index contributed by atoms with van der Waals surface area (Å²) in [7, 11) is 1.25. The number of thiazole rings is 1. The summed E-state index contributed by atoms with van der Waals surface area (Å²) in [5.41, 5.74) is 2.13. The molecule has 1 amide bonds. The van der Waals surface area contributed by atoms with Crippen molar-refractivity contribution in [2.45, 2.75) is 26.8 Å². The predicted molar refractivity (Wildman–Crippen MR) is 141 cm³/mol. The first-order valence-electron chi connectivity index (χ1n) is 11.8. The number of benzene rings is 1. The van der Waals surface area contributed by atoms with Gasteiger partial charge in [0, 0.05) is 6.20 Å². The number of carbonyl (C=O) groups excluding carboxylic acids is 3. The van der Waals surface area contributed by atoms with Crippen LogP contribution >= 0.6 is 11.3 Å². The first-order chi connectivity index (χ1) is 18.3. The zero-order valence-electron chi connectivity index (χ0n) is 21.1. The Balaban J connectivity index is 1.77. The minimum Gasteiger partial charge on any atom is -0.505 e. The Kier molecular flexibility index (Phi) is 6.45. The fourth-order valence-electron chi connectivity index (χ4n) is 4.58. The molecule has 0 radical (unpaired) electrons. The van der Waals surface area contributed by atoms with Gasteiger partial charge in [0.1, 0.15) is 22.0 Å². The smallest absolute Gasteiger partial charge is 0.350 e. The van der Waals surface area contributed by atoms with Gasteiger partial charge in [0.05, 0.1) is 36.7 Å². The molecule has 1 saturated heterocycles. The Bertz CT molecular complexity index is 1640. The Morgan fingerprint density at radius 2 is 1.89 bits per heavy atom. The molecule has 1 N–H and O–H groups in total. The summed E-state index contributed by atoms with van der Waals surface area (Å²) in [4.78, 5) is 49.7. The van der Waals surface area contributed by atoms with Gasteiger partial charge in [0.15, 0.2) is 10.9 Å². The lowest BCUT2D eigenvalue weighted by Crippen LogP contribution is -2.29. The largest absolute Gasteiger partial charge is 0.505 e. The van der Waals surface area contributed by atoms with Crippen molar-refractivity contribution in [3.63, 3.8) is 0 Å². The molecule has 1 aliphatic rings. The standard InChI is InChI=1S/C27H24N4O6S/c1-5-37-17-10-8-9-16(13-17)21-19(22(32)20-14(2)28-18-11-6-7-12-30(18)20)23(33)25(34)31(21)27-29-15(3)24(38-27)26(35)36-4/h6-13,21,32H,5H2,1-4H3. The van der Waals surface area contributed by atoms with Crippen LogP contribution in [0.15, 0.2) is 54.2 Å². The van der Waals surface area contributed by atoms with Gasteiger partial charge in [0.25, 0.3) is 5.78 Å². The number of fused-ring (bicyclic) bond motifs is 1. The molecule has 0 aliphatic carbocycles. The number of Topliss-reactive ketones (excluding diaryl/α,β-unsaturated/α-hetero) is 1. The number of aryl methyl sites for hydroxylation is 2. The highest BCUT2D eigenvalue weighted by atomic mass is 32.1. The van der Waals surface area contributed by atoms with Crippen LogP contribution in [0, 0.1) is 13.8 Å². The first kappa shape index (κ1) is 25.2. The first-order valence-corrected chi connectivity index (χ1v) is 12.6. The predicted octanol–water partition coefficient (Wildman–Crippen LogP) is 4.22. The topological polar surface area (TPSA) is 123 Å². The summed E-state index contributed by atoms with van der Waals surface area (Å²) in [6, 6.07) is 11.3. The van der Waals surface area contributed by atoms with E-state index in [0.717, 1.165) is 11.3 Å². The van der Waals surface area contributed by atoms with E-state index in [-0.39, 0.29) is 21.3 Å². The van der Waals surface area contributed by atoms with Gasteiger partial charge in [-0.1, -0.05) is 29.5 Å². The van der Waals surface area contributed by atoms with Crippen LogP contribution in [-0.4, -0.2) is 50.9 Å². The summed E-state index contributed by atoms with van der Waals surface area (Å²) >= 11 is 0.939. The number of esters is 1. The van der Waals surface area contributed by atoms with Gasteiger partial charge >= 0.3 is 11.9 Å². The highest BCUT2D eigenvalue weighted by molar-refractivity contribution is 7.17. The van der Waals surface area contributed by atoms with Crippen molar-refractivity contribution in [1.82, 2.24) is 14.4 Å². The molecule has 1 aromatic carbocycles. The van der Waals surface area contributed by atoms with E-state index in [1.165, 1.54) is 12.0 Å². The molecule has 0 bridgehead atoms. The van der Waals surface area contributed by atoms with Crippen LogP contribution in [0.5, 0.6) is 5.75 Å². The molecule has 4 heterocycles. The summed E-state index contributed by atoms with van der Waals surface area (Å²) in [6.07, 6.45) is 1.72. The van der Waals surface area contributed by atoms with Gasteiger partial charge < -0.3 is 14.6 Å². The third-order valence-corrected chi connectivity index (χ3v) is 7.36. The van der Waals surface area contributed by atoms with Crippen LogP contribution in [0.3, 0.4) is 0 Å². The molecular weight excluding hydrogens is 508 g/mol. The minimum atomic E-state index is -1.04. The fraction of sp³-hybridized carbons (Fsp3) is 0.222. The third kappa shape index (κ3) is 4.01. The van der Waals surface area contributed by atoms with Crippen LogP contribution in [-0.2, 0) is 14.3 Å². The zero-order valence-corrected chi connectivity index (χ0v) is 21.9. The number of amides is 1. The Morgan fingerprint density at radius 1 is 1.11 bits per heavy atom. The Labute approximate surface area is 221 Å². The molecule has 1 atom stereocenters. The molecule has 4 aromatic rings. The van der Waals surface area contributed by atoms with Gasteiger partial charge in [-0.3, -0.25) is 18.9 Å². The van der Waals surface area contributed by atoms with Crippen molar-refractivity contribution >= 4 is 45.5 Å². The molecule has 1 aliphatic heterocycles. The molecule has 1 fully saturated rings. The second-order valence-corrected chi connectivity index (χ2v) is 9.53. The van der Waals surface area contributed by atoms with E-state index in [4.69, 9.17) is 9.47 Å². The summed E-state index contributed by atoms with van der Waals surface area (Å²) in [6.45, 7) is 5.60. The molecule has 0 saturated carbocycles. The number of pyridine rings is 1. The van der Waals surface area contributed by atoms with E-state index in [9.17, 15) is 19.5 Å². The number of hydrogen-bond donors (Lipinski definition) is 1. The Hall–Kier alpha value is -4.51. The lowest BCUT2D eigenvalue weighted by molar-refractivity contribution is -0.132. The number of aromatic nitrogens is 3. The van der Waals surface area contributed by atoms with E-state index < -0.39 is 23.7 Å². The van der Waals surface area contributed by atoms with Crippen molar-refractivity contribution in [3.05, 3.63) is 81.8 Å². The molecular formula is C27H24N4O6S. The lowest BCUT2D eigenvalue weighted by Gasteiger charge is -2.23. The van der Waals surface area contributed by atoms with Gasteiger partial charge in [0.2, 0.25) is 0 Å². The van der Waals surface area contributed by atoms with E-state index >= 15 is 0 Å². The number of methoxy groups -OCH3 is 1. The van der Waals surface area contributed by atoms with E-state index in [1.54, 1.807) is 60.8 Å². The quantitative estimate of drug-likeness (QED) is 0.169. The van der Waals surface area contributed by atoms with Crippen LogP contribution in [0.2, 0.25) is 0 Å². The van der Waals surface area contributed by atoms with Crippen molar-refractivity contribution in [1.29, 1.82) is 0 Å². The second-order valence-electron chi connectivity index (χ2n) is 8.55. The molecule has 38 heavy (non-hydrogen) atoms. The molecule has 194 valence electrons. The number of aliphatic hydroxyl groups excluding tert-OH is 1. The number of carbonyl (C=O) groups is 3. The van der Waals surface area contributed by atoms with Crippen LogP contribution in [0.4, 0.5) is 5.13 Å². The molecule has 10 nitrogen and oxygen atoms in total. The van der Waals surface area contributed by atoms with Gasteiger partial charge in [-0.2, -0.15) is 0 Å². The van der Waals surface area contributed by atoms with E-state index in [0.29, 0.717) is 40.6 Å². The highest BCUT2D eigenvalue weighted by Crippen LogP contribution is 2.44. The van der Waals surface area contributed by atoms with E-state index in [1.807, 2.05) is 13.0 Å². The monoisotopic (exact) mass is 532 g/mol. The number of ketones is 1. The average molecular weight is 533 g/mol. The third-order valence-electron chi connectivity index (χ3n) is 6.22. The Morgan fingerprint density at radius 3 is 2.63 bits per heavy atom. The minimum absolute atomic E-state index is 0.120. The number of imidazole rings is 1. The second kappa shape index (κ2) is 9.75. The van der Waals surface area contributed by atoms with Crippen molar-refractivity contribution in [3.8, 4) is 5.75 Å². The SMILES string of the molecule is CCOc1cccc(C2C(=C(O)c3c(C)nc4ccccn34)C(=O)C(=O)N2c2nc(C)c(C(=O)OC)s2)c1. The van der Waals surface area contributed by atoms with Crippen molar-refractivity contribution in [2.75, 3.05) is 18.6 Å². The van der Waals surface area contributed by atoms with Gasteiger partial charge in [-0.25, -0.2) is 14.8 Å². The molecule has 1 unspecified atom stereocenters. The molecule has 3 aromatic heterocycles. The number of nitrogens with zero attached hydrogens (tertiary/aromatic N) is 4. The maximum absolute atomic E-state index is 13.6. The highest BCUT2D eigenvalue weighted by Gasteiger charge is 2.49. The van der Waals surface area contributed by atoms with Gasteiger partial charge in [-0.05, 0) is 50.6 Å². The number of hydrogen-bond acceptors (Lipinski definition) is 9. The maximum Gasteiger partial charge on any atom is 0.350 e. The molecule has 5 rings (SSSR count). The van der Waals surface area contributed by atoms with Gasteiger partial charge in [-0.15, -0.1) is 0 Å². The van der Waals surface area contributed by atoms with E-state index in [2.05, 4.69) is 9.97 Å².